The molecule has 1 aliphatic rings. The van der Waals surface area contributed by atoms with Crippen LogP contribution in [0.4, 0.5) is 16.2 Å². The molecule has 1 heterocycles. The number of aromatic carboxylic acids is 1. The van der Waals surface area contributed by atoms with Gasteiger partial charge in [-0.3, -0.25) is 4.79 Å². The zero-order valence-corrected chi connectivity index (χ0v) is 22.6. The Morgan fingerprint density at radius 3 is 2.44 bits per heavy atom. The molecular weight excluding hydrogens is 545 g/mol. The van der Waals surface area contributed by atoms with Crippen LogP contribution in [0.2, 0.25) is 5.02 Å². The molecule has 0 spiro atoms. The van der Waals surface area contributed by atoms with E-state index in [1.807, 2.05) is 0 Å². The highest BCUT2D eigenvalue weighted by atomic mass is 35.5. The average Bonchev–Trinajstić information content (AvgIpc) is 3.31. The molecule has 1 unspecified atom stereocenters. The van der Waals surface area contributed by atoms with Crippen LogP contribution in [0.1, 0.15) is 28.8 Å². The lowest BCUT2D eigenvalue weighted by Gasteiger charge is -2.31. The summed E-state index contributed by atoms with van der Waals surface area (Å²) in [7, 11) is 1.47. The van der Waals surface area contributed by atoms with E-state index in [0.29, 0.717) is 46.4 Å². The molecule has 2 amide bonds. The Kier molecular flexibility index (Phi) is 8.96. The van der Waals surface area contributed by atoms with Gasteiger partial charge in [0.2, 0.25) is 0 Å². The van der Waals surface area contributed by atoms with Crippen molar-refractivity contribution in [1.82, 2.24) is 4.90 Å². The number of para-hydroxylation sites is 1. The molecule has 0 radical (unpaired) electrons. The molecule has 204 valence electrons. The Bertz CT molecular complexity index is 1370. The Balaban J connectivity index is 1.38. The third-order valence-electron chi connectivity index (χ3n) is 6.35. The number of likely N-dealkylation sites (tertiary alicyclic amines) is 1. The maximum atomic E-state index is 13.3. The lowest BCUT2D eigenvalue weighted by Crippen LogP contribution is -2.48. The highest BCUT2D eigenvalue weighted by Gasteiger charge is 2.45. The number of hydrogen-bond donors (Lipinski definition) is 3. The lowest BCUT2D eigenvalue weighted by molar-refractivity contribution is -0.125. The number of ether oxygens (including phenoxy) is 2. The number of nitrogens with one attached hydrogen (secondary N) is 2. The monoisotopic (exact) mass is 571 g/mol. The predicted molar refractivity (Wildman–Crippen MR) is 149 cm³/mol. The molecule has 0 saturated carbocycles. The summed E-state index contributed by atoms with van der Waals surface area (Å²) >= 11 is 12.9. The molecule has 0 aromatic heterocycles. The topological polar surface area (TPSA) is 117 Å². The van der Waals surface area contributed by atoms with Gasteiger partial charge in [-0.2, -0.15) is 0 Å². The van der Waals surface area contributed by atoms with E-state index in [0.717, 1.165) is 6.42 Å². The quantitative estimate of drug-likeness (QED) is 0.206. The van der Waals surface area contributed by atoms with E-state index in [1.165, 1.54) is 19.2 Å². The lowest BCUT2D eigenvalue weighted by atomic mass is 10.0. The van der Waals surface area contributed by atoms with Crippen LogP contribution < -0.4 is 20.1 Å². The van der Waals surface area contributed by atoms with E-state index in [1.54, 1.807) is 59.5 Å². The van der Waals surface area contributed by atoms with Gasteiger partial charge < -0.3 is 25.2 Å². The molecular formula is C28H27Cl2N3O6. The largest absolute Gasteiger partial charge is 0.495 e. The number of amides is 2. The van der Waals surface area contributed by atoms with E-state index in [4.69, 9.17) is 37.8 Å². The summed E-state index contributed by atoms with van der Waals surface area (Å²) in [5, 5.41) is 14.9. The zero-order chi connectivity index (χ0) is 28.0. The number of ketones is 1. The van der Waals surface area contributed by atoms with Crippen molar-refractivity contribution >= 4 is 52.4 Å². The van der Waals surface area contributed by atoms with Crippen molar-refractivity contribution in [1.29, 1.82) is 0 Å². The molecule has 3 aromatic rings. The third kappa shape index (κ3) is 6.81. The number of carboxylic acids is 1. The number of anilines is 2. The smallest absolute Gasteiger partial charge is 0.335 e. The fraction of sp³-hybridized carbons (Fsp3) is 0.250. The number of urea groups is 1. The van der Waals surface area contributed by atoms with Crippen LogP contribution in [0.5, 0.6) is 11.5 Å². The van der Waals surface area contributed by atoms with Crippen LogP contribution in [-0.2, 0) is 11.2 Å². The van der Waals surface area contributed by atoms with Gasteiger partial charge in [0, 0.05) is 13.0 Å². The minimum atomic E-state index is -1.24. The second-order valence-corrected chi connectivity index (χ2v) is 9.96. The van der Waals surface area contributed by atoms with Gasteiger partial charge in [-0.05, 0) is 66.9 Å². The van der Waals surface area contributed by atoms with Gasteiger partial charge >= 0.3 is 12.0 Å². The number of methoxy groups -OCH3 is 1. The van der Waals surface area contributed by atoms with Crippen molar-refractivity contribution in [3.63, 3.8) is 0 Å². The molecule has 0 bridgehead atoms. The first-order valence-corrected chi connectivity index (χ1v) is 12.9. The summed E-state index contributed by atoms with van der Waals surface area (Å²) in [5.41, 5.74) is 1.71. The Morgan fingerprint density at radius 1 is 1.03 bits per heavy atom. The number of carboxylic acid groups (broad SMARTS) is 1. The van der Waals surface area contributed by atoms with E-state index in [9.17, 15) is 14.4 Å². The molecule has 1 aliphatic heterocycles. The molecule has 1 atom stereocenters. The highest BCUT2D eigenvalue weighted by Crippen LogP contribution is 2.36. The number of carbonyl (C=O) groups is 3. The minimum Gasteiger partial charge on any atom is -0.495 e. The summed E-state index contributed by atoms with van der Waals surface area (Å²) in [4.78, 5) is 37.4. The van der Waals surface area contributed by atoms with Gasteiger partial charge in [0.15, 0.2) is 10.8 Å². The Morgan fingerprint density at radius 2 is 1.74 bits per heavy atom. The summed E-state index contributed by atoms with van der Waals surface area (Å²) in [6.07, 6.45) is 1.24. The fourth-order valence-corrected chi connectivity index (χ4v) is 4.79. The number of alkyl halides is 1. The van der Waals surface area contributed by atoms with Gasteiger partial charge in [-0.15, -0.1) is 0 Å². The van der Waals surface area contributed by atoms with Gasteiger partial charge in [0.25, 0.3) is 0 Å². The summed E-state index contributed by atoms with van der Waals surface area (Å²) in [6.45, 7) is 0.656. The molecule has 39 heavy (non-hydrogen) atoms. The van der Waals surface area contributed by atoms with Crippen LogP contribution in [0.25, 0.3) is 0 Å². The number of Topliss-reactive ketones (excluding diaryl/α,β-unsaturated/α-hetero) is 1. The van der Waals surface area contributed by atoms with Crippen molar-refractivity contribution < 1.29 is 29.0 Å². The van der Waals surface area contributed by atoms with Gasteiger partial charge in [-0.1, -0.05) is 41.4 Å². The second kappa shape index (κ2) is 12.4. The van der Waals surface area contributed by atoms with E-state index in [2.05, 4.69) is 10.6 Å². The molecule has 1 fully saturated rings. The van der Waals surface area contributed by atoms with Gasteiger partial charge in [-0.25, -0.2) is 14.5 Å². The summed E-state index contributed by atoms with van der Waals surface area (Å²) in [5.74, 6) is -0.350. The zero-order valence-electron chi connectivity index (χ0n) is 21.1. The first kappa shape index (κ1) is 28.2. The van der Waals surface area contributed by atoms with E-state index >= 15 is 0 Å². The van der Waals surface area contributed by atoms with Crippen molar-refractivity contribution in [2.24, 2.45) is 0 Å². The maximum absolute atomic E-state index is 13.3. The normalized spacial score (nSPS) is 16.9. The number of halogens is 2. The maximum Gasteiger partial charge on any atom is 0.335 e. The van der Waals surface area contributed by atoms with Crippen LogP contribution in [0, 0.1) is 0 Å². The number of benzene rings is 3. The molecule has 9 nitrogen and oxygen atoms in total. The number of nitrogens with zero attached hydrogens (tertiary/aromatic N) is 1. The standard InChI is InChI=1S/C28H27Cl2N3O6/c1-38-24-15-18(7-12-23(24)32-27(37)31-22-6-3-2-5-21(22)29)16-25(34)28(30)13-4-14-33(28)17-39-20-10-8-19(9-11-20)26(35)36/h2-3,5-12,15H,4,13-14,16-17H2,1H3,(H,35,36)(H2,31,32,37). The van der Waals surface area contributed by atoms with Gasteiger partial charge in [0.05, 0.1) is 29.1 Å². The number of rotatable bonds is 10. The van der Waals surface area contributed by atoms with E-state index < -0.39 is 17.0 Å². The second-order valence-electron chi connectivity index (χ2n) is 8.92. The summed E-state index contributed by atoms with van der Waals surface area (Å²) < 4.78 is 11.2. The van der Waals surface area contributed by atoms with Crippen molar-refractivity contribution in [3.8, 4) is 11.5 Å². The number of carbonyl (C=O) groups excluding carboxylic acids is 2. The van der Waals surface area contributed by atoms with Crippen LogP contribution in [0.3, 0.4) is 0 Å². The molecule has 11 heteroatoms. The minimum absolute atomic E-state index is 0.0514. The van der Waals surface area contributed by atoms with E-state index in [-0.39, 0.29) is 24.5 Å². The Labute approximate surface area is 235 Å². The van der Waals surface area contributed by atoms with Crippen molar-refractivity contribution in [3.05, 3.63) is 82.9 Å². The molecule has 4 rings (SSSR count). The first-order valence-electron chi connectivity index (χ1n) is 12.1. The molecule has 1 saturated heterocycles. The van der Waals surface area contributed by atoms with Crippen LogP contribution in [-0.4, -0.2) is 53.2 Å². The number of hydrogen-bond acceptors (Lipinski definition) is 6. The Hall–Kier alpha value is -3.79. The molecule has 3 aromatic carbocycles. The molecule has 3 N–H and O–H groups in total. The van der Waals surface area contributed by atoms with Gasteiger partial charge in [0.1, 0.15) is 18.2 Å². The molecule has 0 aliphatic carbocycles. The van der Waals surface area contributed by atoms with Crippen molar-refractivity contribution in [2.45, 2.75) is 24.3 Å². The SMILES string of the molecule is COc1cc(CC(=O)C2(Cl)CCCN2COc2ccc(C(=O)O)cc2)ccc1NC(=O)Nc1ccccc1Cl. The predicted octanol–water partition coefficient (Wildman–Crippen LogP) is 5.87. The summed E-state index contributed by atoms with van der Waals surface area (Å²) in [6, 6.07) is 17.5. The third-order valence-corrected chi connectivity index (χ3v) is 7.32. The van der Waals surface area contributed by atoms with Crippen molar-refractivity contribution in [2.75, 3.05) is 31.0 Å². The highest BCUT2D eigenvalue weighted by molar-refractivity contribution is 6.35. The van der Waals surface area contributed by atoms with Crippen LogP contribution >= 0.6 is 23.2 Å². The van der Waals surface area contributed by atoms with Crippen LogP contribution in [0.15, 0.2) is 66.7 Å². The average molecular weight is 572 g/mol. The fourth-order valence-electron chi connectivity index (χ4n) is 4.28. The first-order chi connectivity index (χ1) is 18.7.